The van der Waals surface area contributed by atoms with Crippen LogP contribution in [-0.2, 0) is 139 Å². The summed E-state index contributed by atoms with van der Waals surface area (Å²) in [6.45, 7) is 6.87. The molecule has 0 heterocycles. The maximum Gasteiger partial charge on any atom is 0 e. The first-order valence-electron chi connectivity index (χ1n) is 19.6. The van der Waals surface area contributed by atoms with Gasteiger partial charge >= 0.3 is 0 Å². The molecule has 26 nitrogen and oxygen atoms in total. The number of hydrogen-bond acceptors (Lipinski definition) is 16. The monoisotopic (exact) mass is 1700 g/mol. The van der Waals surface area contributed by atoms with Crippen LogP contribution in [0.4, 0.5) is 0 Å². The zero-order valence-electron chi connectivity index (χ0n) is 47.2. The summed E-state index contributed by atoms with van der Waals surface area (Å²) in [6, 6.07) is 0. The summed E-state index contributed by atoms with van der Waals surface area (Å²) in [6.07, 6.45) is 0. The molecule has 0 rings (SSSR count). The Morgan fingerprint density at radius 1 is 0.171 bits per heavy atom. The quantitative estimate of drug-likeness (QED) is 0.0868. The van der Waals surface area contributed by atoms with Crippen molar-refractivity contribution in [3.8, 4) is 0 Å². The Morgan fingerprint density at radius 3 is 0.243 bits per heavy atom. The second kappa shape index (κ2) is 63.2. The Hall–Kier alpha value is 1.71. The fraction of sp³-hybridized carbons (Fsp3) is 1.00. The molecule has 0 fully saturated rings. The predicted octanol–water partition coefficient (Wildman–Crippen LogP) is -6.12. The summed E-state index contributed by atoms with van der Waals surface area (Å²) in [5, 5.41) is 49.6. The van der Waals surface area contributed by atoms with Crippen LogP contribution in [0.25, 0.3) is 0 Å². The van der Waals surface area contributed by atoms with Crippen LogP contribution in [0.1, 0.15) is 0 Å². The van der Waals surface area contributed by atoms with Gasteiger partial charge in [0.05, 0.1) is 0 Å². The molecule has 448 valence electrons. The maximum atomic E-state index is 12.4. The molecule has 0 aromatic carbocycles. The molecule has 0 aliphatic rings. The average Bonchev–Trinajstić information content (AvgIpc) is 2.82. The van der Waals surface area contributed by atoms with Gasteiger partial charge in [0.1, 0.15) is 0 Å². The summed E-state index contributed by atoms with van der Waals surface area (Å²) in [5.74, 6) is 0. The van der Waals surface area contributed by atoms with E-state index in [1.165, 1.54) is 0 Å². The third-order valence-corrected chi connectivity index (χ3v) is 7.25. The molecule has 0 radical (unpaired) electrons. The first-order valence-corrected chi connectivity index (χ1v) is 19.6. The molecule has 0 N–H and O–H groups in total. The molecule has 30 heteroatoms. The number of hydrogen-bond donors (Lipinski definition) is 0. The van der Waals surface area contributed by atoms with Gasteiger partial charge in [-0.1, -0.05) is 22.4 Å². The molecule has 0 saturated carbocycles. The van der Waals surface area contributed by atoms with E-state index < -0.39 is 22.4 Å². The van der Waals surface area contributed by atoms with E-state index in [1.54, 1.807) is 0 Å². The van der Waals surface area contributed by atoms with Gasteiger partial charge in [0, 0.05) is 84.3 Å². The van der Waals surface area contributed by atoms with Gasteiger partial charge in [-0.15, -0.1) is 0 Å². The maximum absolute atomic E-state index is 12.4. The number of likely N-dealkylation sites (N-methyl/N-ethyl adjacent to an activating group) is 12. The molecule has 0 bridgehead atoms. The first kappa shape index (κ1) is 124. The second-order valence-electron chi connectivity index (χ2n) is 19.6. The van der Waals surface area contributed by atoms with E-state index in [4.69, 9.17) is 0 Å². The Bertz CT molecular complexity index is 718. The van der Waals surface area contributed by atoms with Gasteiger partial charge in [0.15, 0.2) is 0 Å². The van der Waals surface area contributed by atoms with Crippen molar-refractivity contribution in [2.45, 2.75) is 22.4 Å². The van der Waals surface area contributed by atoms with Crippen molar-refractivity contribution >= 4 is 0 Å². The molecule has 0 unspecified atom stereocenters. The normalized spacial score (nSPS) is 10.6. The summed E-state index contributed by atoms with van der Waals surface area (Å²) in [5.41, 5.74) is -3.62. The molecule has 0 aromatic rings. The van der Waals surface area contributed by atoms with E-state index in [2.05, 4.69) is 0 Å². The van der Waals surface area contributed by atoms with Gasteiger partial charge < -0.3 is 134 Å². The average molecular weight is 1700 g/mol. The minimum Gasteiger partial charge on any atom is -2.00 e. The number of nitrogens with zero attached hydrogens (tertiary/aromatic N) is 12. The van der Waals surface area contributed by atoms with Gasteiger partial charge in [-0.05, 0) is 248 Å². The third-order valence-electron chi connectivity index (χ3n) is 7.25. The Labute approximate surface area is 485 Å². The molecule has 70 heavy (non-hydrogen) atoms. The molecule has 0 aliphatic heterocycles. The summed E-state index contributed by atoms with van der Waals surface area (Å²) in [4.78, 5) is 23.5. The van der Waals surface area contributed by atoms with Crippen LogP contribution in [-0.4, -0.2) is 329 Å². The van der Waals surface area contributed by atoms with Crippen LogP contribution in [0.2, 0.25) is 0 Å². The second-order valence-corrected chi connectivity index (χ2v) is 19.6. The fourth-order valence-electron chi connectivity index (χ4n) is 7.52. The molecular weight excluding hydrogens is 1610 g/mol. The van der Waals surface area contributed by atoms with Crippen LogP contribution >= 0.6 is 0 Å². The first-order chi connectivity index (χ1) is 25.0. The third kappa shape index (κ3) is 86.4. The van der Waals surface area contributed by atoms with E-state index in [1.807, 2.05) is 228 Å². The van der Waals surface area contributed by atoms with Gasteiger partial charge in [0.25, 0.3) is 0 Å². The van der Waals surface area contributed by atoms with Crippen LogP contribution < -0.4 is 20.4 Å². The van der Waals surface area contributed by atoms with Gasteiger partial charge in [-0.2, -0.15) is 0 Å². The fourth-order valence-corrected chi connectivity index (χ4v) is 7.52. The van der Waals surface area contributed by atoms with Crippen LogP contribution in [0.3, 0.4) is 0 Å². The van der Waals surface area contributed by atoms with E-state index in [0.29, 0.717) is 78.5 Å². The zero-order valence-corrected chi connectivity index (χ0v) is 58.9. The van der Waals surface area contributed by atoms with Crippen molar-refractivity contribution in [3.63, 3.8) is 0 Å². The van der Waals surface area contributed by atoms with Crippen molar-refractivity contribution in [2.24, 2.45) is 0 Å². The van der Waals surface area contributed by atoms with Crippen molar-refractivity contribution in [1.82, 2.24) is 58.8 Å². The molecule has 0 atom stereocenters. The Balaban J connectivity index is -0.0000000302. The molecule has 0 aliphatic carbocycles. The molecule has 0 spiro atoms. The Kier molecular flexibility index (Phi) is 112. The van der Waals surface area contributed by atoms with Gasteiger partial charge in [0.2, 0.25) is 0 Å². The summed E-state index contributed by atoms with van der Waals surface area (Å²) < 4.78 is 0. The Morgan fingerprint density at radius 2 is 0.214 bits per heavy atom. The van der Waals surface area contributed by atoms with Gasteiger partial charge in [-0.3, -0.25) is 0 Å². The zero-order chi connectivity index (χ0) is 45.4. The minimum atomic E-state index is -0.906. The van der Waals surface area contributed by atoms with Crippen molar-refractivity contribution in [1.29, 1.82) is 0 Å². The van der Waals surface area contributed by atoms with Crippen molar-refractivity contribution in [2.75, 3.05) is 248 Å². The van der Waals surface area contributed by atoms with E-state index >= 15 is 0 Å². The predicted molar refractivity (Wildman–Crippen MR) is 240 cm³/mol. The SMILES string of the molecule is CN(C)CC([O-])(CN(C)C)CN(C)C.CN(C)CC([O-])(CN(C)C)CN(C)C.CN(C)CC([O-])(CN(C)C)CN(C)C.CN(C)CC([O-])(CN(C)C)CN(C)C.[O-2].[O-2].[O-2].[O-2].[O-2].[O-2].[O-2].[O-2].[O-2].[O-2].[W].[W].[W].[W]. The standard InChI is InChI=1S/4C10H24N3O.10O.4W/c4*1-11(2)7-10(14,8-12(3)4)9-13(5)6;;;;;;;;;;;;;;/h4*7-9H2,1-6H3;;;;;;;;;;;;;;/q4*-1;10*-2;;;;. The minimum absolute atomic E-state index is 0. The number of rotatable bonds is 24. The van der Waals surface area contributed by atoms with Gasteiger partial charge in [-0.25, -0.2) is 0 Å². The van der Waals surface area contributed by atoms with E-state index in [-0.39, 0.29) is 139 Å². The summed E-state index contributed by atoms with van der Waals surface area (Å²) >= 11 is 0. The van der Waals surface area contributed by atoms with Crippen LogP contribution in [0, 0.1) is 0 Å². The topological polar surface area (TPSA) is 416 Å². The van der Waals surface area contributed by atoms with E-state index in [9.17, 15) is 20.4 Å². The molecule has 0 saturated heterocycles. The van der Waals surface area contributed by atoms with Crippen molar-refractivity contribution in [3.05, 3.63) is 0 Å². The molecular formula is C40H96N12O14W4-24. The largest absolute Gasteiger partial charge is 2.00 e. The van der Waals surface area contributed by atoms with Crippen LogP contribution in [0.15, 0.2) is 0 Å². The molecule has 0 amide bonds. The molecule has 0 aromatic heterocycles. The summed E-state index contributed by atoms with van der Waals surface area (Å²) in [7, 11) is 46.6. The van der Waals surface area contributed by atoms with Crippen LogP contribution in [0.5, 0.6) is 0 Å². The van der Waals surface area contributed by atoms with Crippen molar-refractivity contribution < 1.29 is 159 Å². The van der Waals surface area contributed by atoms with E-state index in [0.717, 1.165) is 0 Å². The smallest absolute Gasteiger partial charge is 0 e.